The highest BCUT2D eigenvalue weighted by atomic mass is 35.5. The van der Waals surface area contributed by atoms with Gasteiger partial charge in [0.15, 0.2) is 11.2 Å². The van der Waals surface area contributed by atoms with Crippen LogP contribution in [0, 0.1) is 0 Å². The number of aromatic nitrogens is 1. The third kappa shape index (κ3) is 5.38. The first-order chi connectivity index (χ1) is 15.7. The maximum atomic E-state index is 12.7. The molecule has 174 valence electrons. The summed E-state index contributed by atoms with van der Waals surface area (Å²) >= 11 is 13.0. The normalized spacial score (nSPS) is 16.0. The van der Waals surface area contributed by atoms with Crippen molar-refractivity contribution in [3.63, 3.8) is 0 Å². The molecule has 4 rings (SSSR count). The summed E-state index contributed by atoms with van der Waals surface area (Å²) in [5, 5.41) is 5.04. The molecule has 0 unspecified atom stereocenters. The number of anilines is 3. The van der Waals surface area contributed by atoms with Gasteiger partial charge in [-0.05, 0) is 42.5 Å². The van der Waals surface area contributed by atoms with E-state index in [-0.39, 0.29) is 22.9 Å². The van der Waals surface area contributed by atoms with Gasteiger partial charge in [-0.1, -0.05) is 23.2 Å². The second-order valence-electron chi connectivity index (χ2n) is 6.86. The Hall–Kier alpha value is -2.86. The summed E-state index contributed by atoms with van der Waals surface area (Å²) in [6.07, 6.45) is -0.0279. The lowest BCUT2D eigenvalue weighted by Gasteiger charge is -2.17. The van der Waals surface area contributed by atoms with E-state index in [4.69, 9.17) is 27.9 Å². The number of hydrogen-bond donors (Lipinski definition) is 2. The summed E-state index contributed by atoms with van der Waals surface area (Å²) in [6, 6.07) is 10.4. The zero-order valence-corrected chi connectivity index (χ0v) is 19.8. The third-order valence-electron chi connectivity index (χ3n) is 4.69. The van der Waals surface area contributed by atoms with E-state index in [9.17, 15) is 18.0 Å². The number of rotatable bonds is 6. The number of thiazole rings is 1. The Morgan fingerprint density at radius 2 is 1.97 bits per heavy atom. The van der Waals surface area contributed by atoms with Gasteiger partial charge in [-0.2, -0.15) is 0 Å². The largest absolute Gasteiger partial charge is 0.436 e. The SMILES string of the molecule is O=C(Nc1ccc(Cl)cc1Cl)O[C@H]1CCN(c2ccc(S(=O)(=O)Nc3nccs3)cc2)C1=O.[HH]. The van der Waals surface area contributed by atoms with Crippen molar-refractivity contribution in [3.8, 4) is 0 Å². The predicted octanol–water partition coefficient (Wildman–Crippen LogP) is 4.85. The van der Waals surface area contributed by atoms with Crippen LogP contribution in [0.1, 0.15) is 7.85 Å². The molecule has 13 heteroatoms. The Morgan fingerprint density at radius 1 is 1.21 bits per heavy atom. The molecule has 0 bridgehead atoms. The topological polar surface area (TPSA) is 118 Å². The molecule has 33 heavy (non-hydrogen) atoms. The van der Waals surface area contributed by atoms with Crippen molar-refractivity contribution in [2.24, 2.45) is 0 Å². The van der Waals surface area contributed by atoms with Gasteiger partial charge in [-0.15, -0.1) is 11.3 Å². The summed E-state index contributed by atoms with van der Waals surface area (Å²) in [5.41, 5.74) is 0.789. The molecule has 0 spiro atoms. The fraction of sp³-hybridized carbons (Fsp3) is 0.150. The maximum absolute atomic E-state index is 12.7. The van der Waals surface area contributed by atoms with Gasteiger partial charge in [-0.3, -0.25) is 14.8 Å². The molecule has 1 atom stereocenters. The minimum Gasteiger partial charge on any atom is -0.436 e. The minimum absolute atomic E-state index is 0. The Labute approximate surface area is 204 Å². The van der Waals surface area contributed by atoms with Crippen LogP contribution in [-0.4, -0.2) is 38.1 Å². The van der Waals surface area contributed by atoms with E-state index in [1.54, 1.807) is 11.4 Å². The number of hydrogen-bond acceptors (Lipinski definition) is 7. The van der Waals surface area contributed by atoms with Gasteiger partial charge in [0, 0.05) is 36.7 Å². The molecule has 2 N–H and O–H groups in total. The Balaban J connectivity index is 0.00000324. The van der Waals surface area contributed by atoms with Crippen molar-refractivity contribution < 1.29 is 24.2 Å². The molecule has 1 fully saturated rings. The molecule has 0 saturated carbocycles. The lowest BCUT2D eigenvalue weighted by Crippen LogP contribution is -2.33. The summed E-state index contributed by atoms with van der Waals surface area (Å²) in [5.74, 6) is -0.413. The number of ether oxygens (including phenoxy) is 1. The lowest BCUT2D eigenvalue weighted by atomic mass is 10.3. The van der Waals surface area contributed by atoms with Gasteiger partial charge in [0.1, 0.15) is 0 Å². The van der Waals surface area contributed by atoms with Gasteiger partial charge in [0.25, 0.3) is 15.9 Å². The molecule has 0 radical (unpaired) electrons. The highest BCUT2D eigenvalue weighted by molar-refractivity contribution is 7.93. The lowest BCUT2D eigenvalue weighted by molar-refractivity contribution is -0.124. The van der Waals surface area contributed by atoms with Crippen LogP contribution >= 0.6 is 34.5 Å². The molecular formula is C20H18Cl2N4O5S2. The number of sulfonamides is 1. The molecule has 1 aromatic heterocycles. The summed E-state index contributed by atoms with van der Waals surface area (Å²) in [4.78, 5) is 30.3. The van der Waals surface area contributed by atoms with Crippen molar-refractivity contribution in [1.29, 1.82) is 0 Å². The number of carbonyl (C=O) groups excluding carboxylic acids is 2. The monoisotopic (exact) mass is 528 g/mol. The van der Waals surface area contributed by atoms with E-state index in [0.717, 1.165) is 11.3 Å². The van der Waals surface area contributed by atoms with Gasteiger partial charge in [0.2, 0.25) is 0 Å². The average molecular weight is 529 g/mol. The molecule has 1 aliphatic rings. The van der Waals surface area contributed by atoms with Crippen molar-refractivity contribution in [3.05, 3.63) is 64.1 Å². The van der Waals surface area contributed by atoms with Gasteiger partial charge < -0.3 is 9.64 Å². The summed E-state index contributed by atoms with van der Waals surface area (Å²) in [7, 11) is -3.80. The van der Waals surface area contributed by atoms with Crippen molar-refractivity contribution in [1.82, 2.24) is 4.98 Å². The zero-order valence-electron chi connectivity index (χ0n) is 16.7. The highest BCUT2D eigenvalue weighted by Gasteiger charge is 2.35. The second-order valence-corrected chi connectivity index (χ2v) is 10.3. The van der Waals surface area contributed by atoms with E-state index >= 15 is 0 Å². The molecule has 1 aliphatic heterocycles. The molecule has 1 saturated heterocycles. The molecule has 2 amide bonds. The molecular weight excluding hydrogens is 511 g/mol. The number of benzene rings is 2. The molecule has 9 nitrogen and oxygen atoms in total. The van der Waals surface area contributed by atoms with Crippen LogP contribution in [0.3, 0.4) is 0 Å². The maximum Gasteiger partial charge on any atom is 0.412 e. The minimum atomic E-state index is -3.80. The number of nitrogens with zero attached hydrogens (tertiary/aromatic N) is 2. The Bertz CT molecular complexity index is 1290. The fourth-order valence-electron chi connectivity index (χ4n) is 3.13. The van der Waals surface area contributed by atoms with Gasteiger partial charge in [0.05, 0.1) is 15.6 Å². The van der Waals surface area contributed by atoms with E-state index in [1.165, 1.54) is 47.5 Å². The van der Waals surface area contributed by atoms with Crippen molar-refractivity contribution in [2.45, 2.75) is 17.4 Å². The van der Waals surface area contributed by atoms with Gasteiger partial charge in [-0.25, -0.2) is 18.2 Å². The zero-order chi connectivity index (χ0) is 23.6. The van der Waals surface area contributed by atoms with Crippen LogP contribution in [0.4, 0.5) is 21.3 Å². The number of carbonyl (C=O) groups is 2. The number of nitrogens with one attached hydrogen (secondary N) is 2. The molecule has 2 heterocycles. The quantitative estimate of drug-likeness (QED) is 0.472. The summed E-state index contributed by atoms with van der Waals surface area (Å²) in [6.45, 7) is 0.307. The fourth-order valence-corrected chi connectivity index (χ4v) is 5.38. The van der Waals surface area contributed by atoms with Crippen LogP contribution in [0.2, 0.25) is 10.0 Å². The smallest absolute Gasteiger partial charge is 0.412 e. The standard InChI is InChI=1S/C20H16Cl2N4O5S2.H2/c21-12-1-6-16(15(22)11-12)24-20(28)31-17-7-9-26(18(17)27)13-2-4-14(5-3-13)33(29,30)25-19-23-8-10-32-19;/h1-6,8,10-11,17H,7,9H2,(H,23,25)(H,24,28);1H/t17-;/m0./s1. The van der Waals surface area contributed by atoms with Crippen LogP contribution in [0.25, 0.3) is 0 Å². The van der Waals surface area contributed by atoms with Crippen LogP contribution in [0.5, 0.6) is 0 Å². The number of halogens is 2. The van der Waals surface area contributed by atoms with Crippen LogP contribution in [-0.2, 0) is 19.6 Å². The highest BCUT2D eigenvalue weighted by Crippen LogP contribution is 2.28. The second kappa shape index (κ2) is 9.56. The van der Waals surface area contributed by atoms with E-state index < -0.39 is 28.1 Å². The first-order valence-electron chi connectivity index (χ1n) is 9.49. The number of amides is 2. The molecule has 0 aliphatic carbocycles. The molecule has 2 aromatic carbocycles. The molecule has 3 aromatic rings. The van der Waals surface area contributed by atoms with Crippen LogP contribution in [0.15, 0.2) is 58.9 Å². The van der Waals surface area contributed by atoms with E-state index in [1.807, 2.05) is 0 Å². The Kier molecular flexibility index (Phi) is 6.75. The third-order valence-corrected chi connectivity index (χ3v) is 7.41. The predicted molar refractivity (Wildman–Crippen MR) is 129 cm³/mol. The van der Waals surface area contributed by atoms with E-state index in [2.05, 4.69) is 15.0 Å². The van der Waals surface area contributed by atoms with Crippen molar-refractivity contribution >= 4 is 73.1 Å². The van der Waals surface area contributed by atoms with Crippen molar-refractivity contribution in [2.75, 3.05) is 21.5 Å². The first-order valence-corrected chi connectivity index (χ1v) is 12.6. The Morgan fingerprint density at radius 3 is 2.64 bits per heavy atom. The summed E-state index contributed by atoms with van der Waals surface area (Å²) < 4.78 is 32.6. The van der Waals surface area contributed by atoms with E-state index in [0.29, 0.717) is 22.9 Å². The van der Waals surface area contributed by atoms with Crippen LogP contribution < -0.4 is 14.9 Å². The average Bonchev–Trinajstić information content (AvgIpc) is 3.40. The van der Waals surface area contributed by atoms with Gasteiger partial charge >= 0.3 is 6.09 Å². The first kappa shape index (κ1) is 23.3.